The zero-order chi connectivity index (χ0) is 14.7. The minimum Gasteiger partial charge on any atom is -0.454 e. The molecule has 1 aromatic carbocycles. The Morgan fingerprint density at radius 3 is 3.05 bits per heavy atom. The Balaban J connectivity index is 1.57. The number of benzene rings is 1. The molecule has 1 N–H and O–H groups in total. The van der Waals surface area contributed by atoms with Crippen LogP contribution in [0.4, 0.5) is 0 Å². The first-order valence-corrected chi connectivity index (χ1v) is 7.40. The molecule has 0 amide bonds. The lowest BCUT2D eigenvalue weighted by Gasteiger charge is -2.09. The van der Waals surface area contributed by atoms with Crippen molar-refractivity contribution in [2.75, 3.05) is 6.79 Å². The van der Waals surface area contributed by atoms with Crippen LogP contribution in [0.25, 0.3) is 0 Å². The first kappa shape index (κ1) is 13.9. The van der Waals surface area contributed by atoms with E-state index in [0.29, 0.717) is 12.8 Å². The Labute approximate surface area is 124 Å². The van der Waals surface area contributed by atoms with E-state index in [1.165, 1.54) is 0 Å². The predicted octanol–water partition coefficient (Wildman–Crippen LogP) is 2.87. The van der Waals surface area contributed by atoms with Crippen molar-refractivity contribution < 1.29 is 9.47 Å². The van der Waals surface area contributed by atoms with E-state index >= 15 is 0 Å². The van der Waals surface area contributed by atoms with Gasteiger partial charge in [-0.25, -0.2) is 0 Å². The molecule has 1 aliphatic rings. The molecule has 5 heteroatoms. The quantitative estimate of drug-likeness (QED) is 0.887. The van der Waals surface area contributed by atoms with Crippen LogP contribution in [0.3, 0.4) is 0 Å². The Morgan fingerprint density at radius 1 is 1.29 bits per heavy atom. The molecule has 5 nitrogen and oxygen atoms in total. The molecule has 0 saturated carbocycles. The summed E-state index contributed by atoms with van der Waals surface area (Å²) in [5.74, 6) is 1.69. The molecule has 0 saturated heterocycles. The fraction of sp³-hybridized carbons (Fsp3) is 0.438. The van der Waals surface area contributed by atoms with Crippen LogP contribution in [-0.2, 0) is 13.1 Å². The van der Waals surface area contributed by atoms with Crippen LogP contribution in [0.15, 0.2) is 30.5 Å². The molecule has 0 aliphatic carbocycles. The summed E-state index contributed by atoms with van der Waals surface area (Å²) in [6.07, 6.45) is 3.13. The van der Waals surface area contributed by atoms with Gasteiger partial charge in [0, 0.05) is 30.9 Å². The zero-order valence-corrected chi connectivity index (χ0v) is 12.5. The number of rotatable bonds is 6. The van der Waals surface area contributed by atoms with Gasteiger partial charge >= 0.3 is 0 Å². The third kappa shape index (κ3) is 3.03. The maximum atomic E-state index is 5.50. The van der Waals surface area contributed by atoms with E-state index in [4.69, 9.17) is 9.47 Å². The number of hydrogen-bond acceptors (Lipinski definition) is 4. The molecule has 1 aromatic heterocycles. The summed E-state index contributed by atoms with van der Waals surface area (Å²) < 4.78 is 12.9. The maximum absolute atomic E-state index is 5.50. The second kappa shape index (κ2) is 6.18. The summed E-state index contributed by atoms with van der Waals surface area (Å²) in [6.45, 7) is 6.14. The molecular weight excluding hydrogens is 266 g/mol. The standard InChI is InChI=1S/C16H21N3O2/c1-3-12(2)19-8-7-14(18-19)10-17-9-13-5-4-6-15-16(13)21-11-20-15/h4-8,12,17H,3,9-11H2,1-2H3. The van der Waals surface area contributed by atoms with Gasteiger partial charge < -0.3 is 14.8 Å². The molecule has 2 aromatic rings. The van der Waals surface area contributed by atoms with Crippen LogP contribution in [-0.4, -0.2) is 16.6 Å². The van der Waals surface area contributed by atoms with Gasteiger partial charge in [-0.1, -0.05) is 19.1 Å². The molecule has 1 atom stereocenters. The lowest BCUT2D eigenvalue weighted by atomic mass is 10.2. The van der Waals surface area contributed by atoms with Crippen molar-refractivity contribution in [2.45, 2.75) is 39.4 Å². The monoisotopic (exact) mass is 287 g/mol. The largest absolute Gasteiger partial charge is 0.454 e. The summed E-state index contributed by atoms with van der Waals surface area (Å²) in [6, 6.07) is 8.48. The Bertz CT molecular complexity index is 609. The van der Waals surface area contributed by atoms with Gasteiger partial charge in [0.25, 0.3) is 0 Å². The second-order valence-corrected chi connectivity index (χ2v) is 5.30. The van der Waals surface area contributed by atoms with Crippen molar-refractivity contribution in [3.8, 4) is 11.5 Å². The summed E-state index contributed by atoms with van der Waals surface area (Å²) in [4.78, 5) is 0. The summed E-state index contributed by atoms with van der Waals surface area (Å²) in [7, 11) is 0. The molecule has 1 aliphatic heterocycles. The van der Waals surface area contributed by atoms with Gasteiger partial charge in [0.05, 0.1) is 5.69 Å². The highest BCUT2D eigenvalue weighted by Gasteiger charge is 2.16. The number of ether oxygens (including phenoxy) is 2. The van der Waals surface area contributed by atoms with Gasteiger partial charge in [0.15, 0.2) is 11.5 Å². The first-order chi connectivity index (χ1) is 10.3. The minimum atomic E-state index is 0.311. The highest BCUT2D eigenvalue weighted by Crippen LogP contribution is 2.35. The van der Waals surface area contributed by atoms with Gasteiger partial charge in [-0.2, -0.15) is 5.10 Å². The molecule has 1 unspecified atom stereocenters. The average molecular weight is 287 g/mol. The molecule has 21 heavy (non-hydrogen) atoms. The third-order valence-corrected chi connectivity index (χ3v) is 3.81. The summed E-state index contributed by atoms with van der Waals surface area (Å²) >= 11 is 0. The first-order valence-electron chi connectivity index (χ1n) is 7.40. The van der Waals surface area contributed by atoms with E-state index in [9.17, 15) is 0 Å². The molecule has 0 radical (unpaired) electrons. The van der Waals surface area contributed by atoms with Crippen LogP contribution in [0.1, 0.15) is 37.6 Å². The van der Waals surface area contributed by atoms with Crippen molar-refractivity contribution >= 4 is 0 Å². The maximum Gasteiger partial charge on any atom is 0.231 e. The lowest BCUT2D eigenvalue weighted by Crippen LogP contribution is -2.14. The summed E-state index contributed by atoms with van der Waals surface area (Å²) in [5, 5.41) is 7.99. The van der Waals surface area contributed by atoms with Gasteiger partial charge in [-0.15, -0.1) is 0 Å². The normalized spacial score (nSPS) is 14.4. The number of fused-ring (bicyclic) bond motifs is 1. The van der Waals surface area contributed by atoms with E-state index in [1.54, 1.807) is 0 Å². The molecule has 0 fully saturated rings. The molecule has 3 rings (SSSR count). The van der Waals surface area contributed by atoms with Crippen LogP contribution >= 0.6 is 0 Å². The van der Waals surface area contributed by atoms with Crippen molar-refractivity contribution in [1.29, 1.82) is 0 Å². The fourth-order valence-electron chi connectivity index (χ4n) is 2.36. The van der Waals surface area contributed by atoms with E-state index in [-0.39, 0.29) is 0 Å². The van der Waals surface area contributed by atoms with Crippen molar-refractivity contribution in [2.24, 2.45) is 0 Å². The van der Waals surface area contributed by atoms with Gasteiger partial charge in [0.1, 0.15) is 0 Å². The number of para-hydroxylation sites is 1. The number of aromatic nitrogens is 2. The molecule has 112 valence electrons. The molecular formula is C16H21N3O2. The average Bonchev–Trinajstić information content (AvgIpc) is 3.15. The van der Waals surface area contributed by atoms with E-state index < -0.39 is 0 Å². The SMILES string of the molecule is CCC(C)n1ccc(CNCc2cccc3c2OCO3)n1. The van der Waals surface area contributed by atoms with Gasteiger partial charge in [0.2, 0.25) is 6.79 Å². The molecule has 2 heterocycles. The highest BCUT2D eigenvalue weighted by atomic mass is 16.7. The number of nitrogens with zero attached hydrogens (tertiary/aromatic N) is 2. The van der Waals surface area contributed by atoms with Gasteiger partial charge in [-0.3, -0.25) is 4.68 Å². The lowest BCUT2D eigenvalue weighted by molar-refractivity contribution is 0.173. The van der Waals surface area contributed by atoms with Crippen LogP contribution in [0, 0.1) is 0 Å². The Morgan fingerprint density at radius 2 is 2.19 bits per heavy atom. The smallest absolute Gasteiger partial charge is 0.231 e. The van der Waals surface area contributed by atoms with E-state index in [2.05, 4.69) is 36.4 Å². The minimum absolute atomic E-state index is 0.311. The van der Waals surface area contributed by atoms with E-state index in [1.807, 2.05) is 23.0 Å². The zero-order valence-electron chi connectivity index (χ0n) is 12.5. The predicted molar refractivity (Wildman–Crippen MR) is 80.3 cm³/mol. The second-order valence-electron chi connectivity index (χ2n) is 5.30. The van der Waals surface area contributed by atoms with Gasteiger partial charge in [-0.05, 0) is 25.5 Å². The van der Waals surface area contributed by atoms with Crippen molar-refractivity contribution in [1.82, 2.24) is 15.1 Å². The Kier molecular flexibility index (Phi) is 4.10. The topological polar surface area (TPSA) is 48.3 Å². The highest BCUT2D eigenvalue weighted by molar-refractivity contribution is 5.48. The van der Waals surface area contributed by atoms with Crippen LogP contribution in [0.2, 0.25) is 0 Å². The summed E-state index contributed by atoms with van der Waals surface area (Å²) in [5.41, 5.74) is 2.17. The Hall–Kier alpha value is -2.01. The van der Waals surface area contributed by atoms with Crippen LogP contribution in [0.5, 0.6) is 11.5 Å². The van der Waals surface area contributed by atoms with E-state index in [0.717, 1.165) is 42.3 Å². The fourth-order valence-corrected chi connectivity index (χ4v) is 2.36. The van der Waals surface area contributed by atoms with Crippen molar-refractivity contribution in [3.05, 3.63) is 41.7 Å². The number of nitrogens with one attached hydrogen (secondary N) is 1. The van der Waals surface area contributed by atoms with Crippen molar-refractivity contribution in [3.63, 3.8) is 0 Å². The third-order valence-electron chi connectivity index (χ3n) is 3.81. The molecule has 0 bridgehead atoms. The molecule has 0 spiro atoms. The van der Waals surface area contributed by atoms with Crippen LogP contribution < -0.4 is 14.8 Å². The number of hydrogen-bond donors (Lipinski definition) is 1.